The van der Waals surface area contributed by atoms with E-state index in [1.165, 1.54) is 0 Å². The van der Waals surface area contributed by atoms with Gasteiger partial charge in [0.05, 0.1) is 25.9 Å². The maximum Gasteiger partial charge on any atom is 0.232 e. The normalized spacial score (nSPS) is 18.6. The van der Waals surface area contributed by atoms with E-state index >= 15 is 0 Å². The molecule has 0 aromatic rings. The summed E-state index contributed by atoms with van der Waals surface area (Å²) in [4.78, 5) is 0. The number of halogens is 3. The molecule has 4 nitrogen and oxygen atoms in total. The third-order valence-corrected chi connectivity index (χ3v) is 4.10. The Morgan fingerprint density at radius 2 is 1.95 bits per heavy atom. The van der Waals surface area contributed by atoms with Crippen LogP contribution in [0, 0.1) is 0 Å². The third-order valence-electron chi connectivity index (χ3n) is 2.47. The highest BCUT2D eigenvalue weighted by atomic mass is 32.2. The fraction of sp³-hybridized carbons (Fsp3) is 1.00. The van der Waals surface area contributed by atoms with Crippen LogP contribution in [0.2, 0.25) is 0 Å². The summed E-state index contributed by atoms with van der Waals surface area (Å²) in [5.74, 6) is 0. The molecule has 122 valence electrons. The summed E-state index contributed by atoms with van der Waals surface area (Å²) < 4.78 is 57.9. The molecule has 0 saturated heterocycles. The van der Waals surface area contributed by atoms with Crippen molar-refractivity contribution < 1.29 is 27.6 Å². The van der Waals surface area contributed by atoms with Crippen LogP contribution in [-0.2, 0) is 16.1 Å². The van der Waals surface area contributed by atoms with Crippen LogP contribution in [0.15, 0.2) is 0 Å². The highest BCUT2D eigenvalue weighted by Gasteiger charge is 2.36. The summed E-state index contributed by atoms with van der Waals surface area (Å²) in [6.07, 6.45) is -4.30. The third kappa shape index (κ3) is 7.68. The lowest BCUT2D eigenvalue weighted by Crippen LogP contribution is -2.50. The molecule has 0 saturated carbocycles. The van der Waals surface area contributed by atoms with Gasteiger partial charge in [0.15, 0.2) is 6.17 Å². The van der Waals surface area contributed by atoms with E-state index < -0.39 is 48.0 Å². The molecule has 4 atom stereocenters. The predicted molar refractivity (Wildman–Crippen MR) is 72.9 cm³/mol. The van der Waals surface area contributed by atoms with E-state index in [0.717, 1.165) is 0 Å². The van der Waals surface area contributed by atoms with Gasteiger partial charge in [0.2, 0.25) is 6.36 Å². The Morgan fingerprint density at radius 3 is 2.40 bits per heavy atom. The molecule has 0 heterocycles. The summed E-state index contributed by atoms with van der Waals surface area (Å²) in [6, 6.07) is -1.11. The number of aliphatic hydroxyl groups excluding tert-OH is 1. The summed E-state index contributed by atoms with van der Waals surface area (Å²) in [5, 5.41) is 8.50. The average molecular weight is 319 g/mol. The van der Waals surface area contributed by atoms with Crippen molar-refractivity contribution in [2.75, 3.05) is 19.9 Å². The summed E-state index contributed by atoms with van der Waals surface area (Å²) in [6.45, 7) is 3.63. The molecule has 0 rings (SSSR count). The molecule has 0 aliphatic rings. The second-order valence-electron chi connectivity index (χ2n) is 5.33. The smallest absolute Gasteiger partial charge is 0.232 e. The second kappa shape index (κ2) is 9.83. The lowest BCUT2D eigenvalue weighted by atomic mass is 10.1. The number of ether oxygens (including phenoxy) is 1. The zero-order valence-corrected chi connectivity index (χ0v) is 12.9. The largest absolute Gasteiger partial charge is 0.598 e. The zero-order chi connectivity index (χ0) is 15.8. The van der Waals surface area contributed by atoms with E-state index in [0.29, 0.717) is 0 Å². The molecule has 0 aromatic carbocycles. The van der Waals surface area contributed by atoms with E-state index in [1.54, 1.807) is 20.8 Å². The highest BCUT2D eigenvalue weighted by molar-refractivity contribution is 7.90. The second-order valence-corrected chi connectivity index (χ2v) is 7.32. The van der Waals surface area contributed by atoms with Crippen molar-refractivity contribution >= 4 is 11.4 Å². The molecule has 0 spiro atoms. The van der Waals surface area contributed by atoms with Crippen molar-refractivity contribution in [1.82, 2.24) is 4.72 Å². The first-order chi connectivity index (χ1) is 9.23. The minimum absolute atomic E-state index is 0.00237. The van der Waals surface area contributed by atoms with Crippen LogP contribution >= 0.6 is 0 Å². The Morgan fingerprint density at radius 1 is 1.35 bits per heavy atom. The van der Waals surface area contributed by atoms with E-state index in [9.17, 15) is 17.7 Å². The average Bonchev–Trinajstić information content (AvgIpc) is 2.38. The molecule has 0 aliphatic carbocycles. The van der Waals surface area contributed by atoms with E-state index in [-0.39, 0.29) is 19.4 Å². The maximum atomic E-state index is 14.0. The summed E-state index contributed by atoms with van der Waals surface area (Å²) in [7, 11) is 0. The molecule has 0 bridgehead atoms. The molecule has 20 heavy (non-hydrogen) atoms. The van der Waals surface area contributed by atoms with Gasteiger partial charge in [-0.1, -0.05) is 0 Å². The SMILES string of the molecule is CC(C)(C)[S+]([O-])NC(CCCF)C(F)C(F)OCCO. The van der Waals surface area contributed by atoms with Crippen molar-refractivity contribution in [3.05, 3.63) is 0 Å². The van der Waals surface area contributed by atoms with Gasteiger partial charge >= 0.3 is 0 Å². The number of hydrogen-bond donors (Lipinski definition) is 2. The Balaban J connectivity index is 4.60. The van der Waals surface area contributed by atoms with Crippen LogP contribution in [0.3, 0.4) is 0 Å². The first-order valence-electron chi connectivity index (χ1n) is 6.48. The molecule has 0 aliphatic heterocycles. The zero-order valence-electron chi connectivity index (χ0n) is 12.1. The first kappa shape index (κ1) is 20.0. The van der Waals surface area contributed by atoms with Crippen molar-refractivity contribution in [2.45, 2.75) is 56.9 Å². The van der Waals surface area contributed by atoms with Gasteiger partial charge in [0, 0.05) is 11.4 Å². The molecule has 2 N–H and O–H groups in total. The molecular weight excluding hydrogens is 295 g/mol. The van der Waals surface area contributed by atoms with Gasteiger partial charge in [-0.3, -0.25) is 4.39 Å². The fourth-order valence-electron chi connectivity index (χ4n) is 1.33. The molecule has 4 unspecified atom stereocenters. The van der Waals surface area contributed by atoms with E-state index in [1.807, 2.05) is 0 Å². The molecule has 0 fully saturated rings. The lowest BCUT2D eigenvalue weighted by Gasteiger charge is -2.30. The summed E-state index contributed by atoms with van der Waals surface area (Å²) in [5.41, 5.74) is 0. The number of nitrogens with one attached hydrogen (secondary N) is 1. The number of rotatable bonds is 10. The number of alkyl halides is 3. The molecule has 0 aromatic heterocycles. The molecule has 0 radical (unpaired) electrons. The van der Waals surface area contributed by atoms with Crippen LogP contribution in [0.25, 0.3) is 0 Å². The standard InChI is InChI=1S/C12H24F3NO3S/c1-12(2,3)20(18)16-9(5-4-6-13)10(14)11(15)19-8-7-17/h9-11,16-17H,4-8H2,1-3H3. The van der Waals surface area contributed by atoms with Crippen molar-refractivity contribution in [3.8, 4) is 0 Å². The van der Waals surface area contributed by atoms with Crippen molar-refractivity contribution in [1.29, 1.82) is 0 Å². The molecular formula is C12H24F3NO3S. The highest BCUT2D eigenvalue weighted by Crippen LogP contribution is 2.20. The van der Waals surface area contributed by atoms with Crippen LogP contribution in [0.4, 0.5) is 13.2 Å². The van der Waals surface area contributed by atoms with E-state index in [4.69, 9.17) is 5.11 Å². The molecule has 0 amide bonds. The Bertz CT molecular complexity index is 257. The van der Waals surface area contributed by atoms with Crippen molar-refractivity contribution in [2.24, 2.45) is 0 Å². The van der Waals surface area contributed by atoms with E-state index in [2.05, 4.69) is 9.46 Å². The van der Waals surface area contributed by atoms with Gasteiger partial charge in [0.1, 0.15) is 4.75 Å². The minimum atomic E-state index is -2.25. The van der Waals surface area contributed by atoms with Crippen molar-refractivity contribution in [3.63, 3.8) is 0 Å². The van der Waals surface area contributed by atoms with Gasteiger partial charge < -0.3 is 14.4 Å². The number of hydrogen-bond acceptors (Lipinski definition) is 4. The first-order valence-corrected chi connectivity index (χ1v) is 7.63. The van der Waals surface area contributed by atoms with Crippen LogP contribution in [0.1, 0.15) is 33.6 Å². The molecule has 8 heteroatoms. The topological polar surface area (TPSA) is 64.5 Å². The summed E-state index contributed by atoms with van der Waals surface area (Å²) >= 11 is -1.60. The number of aliphatic hydroxyl groups is 1. The Kier molecular flexibility index (Phi) is 9.82. The predicted octanol–water partition coefficient (Wildman–Crippen LogP) is 1.80. The van der Waals surface area contributed by atoms with Gasteiger partial charge in [0.25, 0.3) is 0 Å². The van der Waals surface area contributed by atoms with Gasteiger partial charge in [-0.25, -0.2) is 8.78 Å². The van der Waals surface area contributed by atoms with Gasteiger partial charge in [-0.15, -0.1) is 4.72 Å². The lowest BCUT2D eigenvalue weighted by molar-refractivity contribution is -0.102. The van der Waals surface area contributed by atoms with Gasteiger partial charge in [-0.2, -0.15) is 0 Å². The van der Waals surface area contributed by atoms with Crippen LogP contribution in [0.5, 0.6) is 0 Å². The van der Waals surface area contributed by atoms with Crippen LogP contribution < -0.4 is 4.72 Å². The minimum Gasteiger partial charge on any atom is -0.598 e. The van der Waals surface area contributed by atoms with Gasteiger partial charge in [-0.05, 0) is 33.6 Å². The Hall–Kier alpha value is -0.0200. The fourth-order valence-corrected chi connectivity index (χ4v) is 2.21. The Labute approximate surface area is 121 Å². The van der Waals surface area contributed by atoms with Crippen LogP contribution in [-0.4, -0.2) is 52.9 Å². The monoisotopic (exact) mass is 319 g/mol. The maximum absolute atomic E-state index is 14.0. The quantitative estimate of drug-likeness (QED) is 0.603.